The van der Waals surface area contributed by atoms with Gasteiger partial charge in [-0.2, -0.15) is 5.10 Å². The number of hydrogen-bond acceptors (Lipinski definition) is 4. The van der Waals surface area contributed by atoms with E-state index in [-0.39, 0.29) is 12.3 Å². The van der Waals surface area contributed by atoms with Crippen LogP contribution in [-0.4, -0.2) is 27.2 Å². The summed E-state index contributed by atoms with van der Waals surface area (Å²) in [5.74, 6) is -0.474. The minimum absolute atomic E-state index is 0.234. The molecule has 5 nitrogen and oxygen atoms in total. The summed E-state index contributed by atoms with van der Waals surface area (Å²) in [5.41, 5.74) is 2.17. The topological polar surface area (TPSA) is 56.5 Å². The van der Waals surface area contributed by atoms with E-state index >= 15 is 0 Å². The number of carbonyl (C=O) groups is 1. The Morgan fingerprint density at radius 2 is 2.00 bits per heavy atom. The highest BCUT2D eigenvalue weighted by molar-refractivity contribution is 6.29. The van der Waals surface area contributed by atoms with Gasteiger partial charge in [-0.05, 0) is 19.1 Å². The largest absolute Gasteiger partial charge is 0.461 e. The van der Waals surface area contributed by atoms with Crippen LogP contribution in [-0.2, 0) is 4.74 Å². The fourth-order valence-electron chi connectivity index (χ4n) is 2.11. The molecule has 0 amide bonds. The lowest BCUT2D eigenvalue weighted by molar-refractivity contribution is 0.0521. The third-order valence-corrected chi connectivity index (χ3v) is 3.16. The van der Waals surface area contributed by atoms with Crippen LogP contribution in [0.25, 0.3) is 16.9 Å². The molecule has 0 bridgehead atoms. The summed E-state index contributed by atoms with van der Waals surface area (Å²) < 4.78 is 6.63. The Hall–Kier alpha value is -2.40. The molecule has 0 radical (unpaired) electrons. The van der Waals surface area contributed by atoms with Crippen LogP contribution in [0.2, 0.25) is 5.15 Å². The van der Waals surface area contributed by atoms with Gasteiger partial charge in [0.15, 0.2) is 11.3 Å². The van der Waals surface area contributed by atoms with Crippen molar-refractivity contribution in [3.05, 3.63) is 53.3 Å². The number of halogens is 1. The maximum Gasteiger partial charge on any atom is 0.359 e. The molecule has 3 aromatic rings. The Labute approximate surface area is 126 Å². The van der Waals surface area contributed by atoms with Crippen molar-refractivity contribution in [2.75, 3.05) is 6.61 Å². The maximum atomic E-state index is 12.1. The number of esters is 1. The van der Waals surface area contributed by atoms with E-state index in [1.807, 2.05) is 30.3 Å². The molecule has 2 aromatic heterocycles. The Kier molecular flexibility index (Phi) is 3.58. The van der Waals surface area contributed by atoms with E-state index in [0.717, 1.165) is 5.56 Å². The second kappa shape index (κ2) is 5.54. The first-order valence-electron chi connectivity index (χ1n) is 6.48. The molecule has 0 N–H and O–H groups in total. The maximum absolute atomic E-state index is 12.1. The number of hydrogen-bond donors (Lipinski definition) is 0. The van der Waals surface area contributed by atoms with Crippen LogP contribution in [0.5, 0.6) is 0 Å². The zero-order chi connectivity index (χ0) is 14.8. The molecule has 2 heterocycles. The third-order valence-electron chi connectivity index (χ3n) is 2.96. The van der Waals surface area contributed by atoms with Gasteiger partial charge >= 0.3 is 5.97 Å². The highest BCUT2D eigenvalue weighted by atomic mass is 35.5. The van der Waals surface area contributed by atoms with Gasteiger partial charge < -0.3 is 4.74 Å². The smallest absolute Gasteiger partial charge is 0.359 e. The first kappa shape index (κ1) is 13.6. The average Bonchev–Trinajstić information content (AvgIpc) is 2.87. The minimum Gasteiger partial charge on any atom is -0.461 e. The van der Waals surface area contributed by atoms with Crippen molar-refractivity contribution in [2.45, 2.75) is 6.92 Å². The number of rotatable bonds is 3. The van der Waals surface area contributed by atoms with Crippen molar-refractivity contribution in [2.24, 2.45) is 0 Å². The molecule has 0 unspecified atom stereocenters. The molecule has 21 heavy (non-hydrogen) atoms. The molecule has 6 heteroatoms. The highest BCUT2D eigenvalue weighted by Gasteiger charge is 2.22. The van der Waals surface area contributed by atoms with Gasteiger partial charge in [0.1, 0.15) is 10.8 Å². The van der Waals surface area contributed by atoms with Gasteiger partial charge in [-0.3, -0.25) is 0 Å². The molecule has 0 atom stereocenters. The predicted molar refractivity (Wildman–Crippen MR) is 79.4 cm³/mol. The van der Waals surface area contributed by atoms with Crippen LogP contribution in [0.4, 0.5) is 0 Å². The van der Waals surface area contributed by atoms with Crippen LogP contribution in [0.15, 0.2) is 42.5 Å². The average molecular weight is 302 g/mol. The first-order valence-corrected chi connectivity index (χ1v) is 6.86. The van der Waals surface area contributed by atoms with Gasteiger partial charge in [0, 0.05) is 5.56 Å². The van der Waals surface area contributed by atoms with Crippen molar-refractivity contribution in [3.8, 4) is 11.3 Å². The standard InChI is InChI=1S/C15H12ClN3O2/c1-2-21-15(20)13-14(10-6-4-3-5-7-10)19-12(17-13)9-8-11(16)18-19/h3-9H,2H2,1H3. The summed E-state index contributed by atoms with van der Waals surface area (Å²) in [5, 5.41) is 4.55. The van der Waals surface area contributed by atoms with Gasteiger partial charge in [0.05, 0.1) is 6.61 Å². The molecule has 0 aliphatic carbocycles. The van der Waals surface area contributed by atoms with E-state index in [4.69, 9.17) is 16.3 Å². The number of ether oxygens (including phenoxy) is 1. The SMILES string of the molecule is CCOC(=O)c1nc2ccc(Cl)nn2c1-c1ccccc1. The van der Waals surface area contributed by atoms with Crippen LogP contribution in [0.1, 0.15) is 17.4 Å². The quantitative estimate of drug-likeness (QED) is 0.697. The summed E-state index contributed by atoms with van der Waals surface area (Å²) in [6, 6.07) is 12.8. The number of imidazole rings is 1. The van der Waals surface area contributed by atoms with E-state index in [2.05, 4.69) is 10.1 Å². The van der Waals surface area contributed by atoms with Gasteiger partial charge in [-0.15, -0.1) is 0 Å². The van der Waals surface area contributed by atoms with Crippen LogP contribution >= 0.6 is 11.6 Å². The van der Waals surface area contributed by atoms with Crippen molar-refractivity contribution < 1.29 is 9.53 Å². The van der Waals surface area contributed by atoms with Crippen LogP contribution < -0.4 is 0 Å². The second-order valence-electron chi connectivity index (χ2n) is 4.32. The van der Waals surface area contributed by atoms with Gasteiger partial charge in [0.25, 0.3) is 0 Å². The molecule has 0 saturated heterocycles. The molecule has 3 rings (SSSR count). The molecule has 1 aromatic carbocycles. The zero-order valence-electron chi connectivity index (χ0n) is 11.3. The number of fused-ring (bicyclic) bond motifs is 1. The van der Waals surface area contributed by atoms with Crippen LogP contribution in [0, 0.1) is 0 Å². The second-order valence-corrected chi connectivity index (χ2v) is 4.71. The lowest BCUT2D eigenvalue weighted by Gasteiger charge is -2.04. The molecular weight excluding hydrogens is 290 g/mol. The summed E-state index contributed by atoms with van der Waals surface area (Å²) >= 11 is 5.95. The van der Waals surface area contributed by atoms with E-state index in [9.17, 15) is 4.79 Å². The molecule has 0 saturated carbocycles. The Morgan fingerprint density at radius 1 is 1.24 bits per heavy atom. The van der Waals surface area contributed by atoms with Crippen molar-refractivity contribution in [1.29, 1.82) is 0 Å². The summed E-state index contributed by atoms with van der Waals surface area (Å²) in [4.78, 5) is 16.5. The molecule has 0 aliphatic heterocycles. The molecular formula is C15H12ClN3O2. The fraction of sp³-hybridized carbons (Fsp3) is 0.133. The summed E-state index contributed by atoms with van der Waals surface area (Å²) in [7, 11) is 0. The molecule has 0 fully saturated rings. The summed E-state index contributed by atoms with van der Waals surface area (Å²) in [6.45, 7) is 2.04. The summed E-state index contributed by atoms with van der Waals surface area (Å²) in [6.07, 6.45) is 0. The fourth-order valence-corrected chi connectivity index (χ4v) is 2.25. The number of carbonyl (C=O) groups excluding carboxylic acids is 1. The van der Waals surface area contributed by atoms with E-state index in [0.29, 0.717) is 16.5 Å². The van der Waals surface area contributed by atoms with Gasteiger partial charge in [-0.1, -0.05) is 41.9 Å². The minimum atomic E-state index is -0.474. The lowest BCUT2D eigenvalue weighted by Crippen LogP contribution is -2.07. The van der Waals surface area contributed by atoms with Gasteiger partial charge in [0.2, 0.25) is 0 Å². The number of benzene rings is 1. The molecule has 106 valence electrons. The normalized spacial score (nSPS) is 10.8. The molecule has 0 spiro atoms. The third kappa shape index (κ3) is 2.48. The zero-order valence-corrected chi connectivity index (χ0v) is 12.0. The number of aromatic nitrogens is 3. The Balaban J connectivity index is 2.29. The van der Waals surface area contributed by atoms with Crippen molar-refractivity contribution in [1.82, 2.24) is 14.6 Å². The van der Waals surface area contributed by atoms with Crippen molar-refractivity contribution >= 4 is 23.2 Å². The monoisotopic (exact) mass is 301 g/mol. The van der Waals surface area contributed by atoms with E-state index in [1.165, 1.54) is 0 Å². The Bertz CT molecular complexity index is 799. The lowest BCUT2D eigenvalue weighted by atomic mass is 10.1. The molecule has 0 aliphatic rings. The Morgan fingerprint density at radius 3 is 2.71 bits per heavy atom. The van der Waals surface area contributed by atoms with Crippen LogP contribution in [0.3, 0.4) is 0 Å². The first-order chi connectivity index (χ1) is 10.2. The van der Waals surface area contributed by atoms with E-state index in [1.54, 1.807) is 23.6 Å². The van der Waals surface area contributed by atoms with Crippen molar-refractivity contribution in [3.63, 3.8) is 0 Å². The van der Waals surface area contributed by atoms with Gasteiger partial charge in [-0.25, -0.2) is 14.3 Å². The highest BCUT2D eigenvalue weighted by Crippen LogP contribution is 2.25. The predicted octanol–water partition coefficient (Wildman–Crippen LogP) is 3.23. The number of nitrogens with zero attached hydrogens (tertiary/aromatic N) is 3. The van der Waals surface area contributed by atoms with E-state index < -0.39 is 5.97 Å².